The van der Waals surface area contributed by atoms with Crippen LogP contribution in [0, 0.1) is 0 Å². The normalized spacial score (nSPS) is 25.9. The molecule has 0 aromatic carbocycles. The van der Waals surface area contributed by atoms with Crippen molar-refractivity contribution in [3.05, 3.63) is 0 Å². The van der Waals surface area contributed by atoms with E-state index in [1.165, 1.54) is 0 Å². The monoisotopic (exact) mass is 230 g/mol. The zero-order chi connectivity index (χ0) is 10.7. The number of piperidine rings is 1. The molecule has 2 rings (SSSR count). The Balaban J connectivity index is 1.86. The number of ether oxygens (including phenoxy) is 1. The van der Waals surface area contributed by atoms with Gasteiger partial charge in [0.2, 0.25) is 5.91 Å². The van der Waals surface area contributed by atoms with E-state index in [0.717, 1.165) is 38.4 Å². The minimum Gasteiger partial charge on any atom is -0.370 e. The molecule has 0 radical (unpaired) electrons. The first kappa shape index (κ1) is 11.2. The molecule has 0 spiro atoms. The summed E-state index contributed by atoms with van der Waals surface area (Å²) >= 11 is 4.26. The highest BCUT2D eigenvalue weighted by molar-refractivity contribution is 7.80. The molecule has 0 aromatic heterocycles. The van der Waals surface area contributed by atoms with Gasteiger partial charge in [0.05, 0.1) is 6.61 Å². The molecule has 0 aliphatic carbocycles. The van der Waals surface area contributed by atoms with Gasteiger partial charge in [-0.3, -0.25) is 9.69 Å². The molecule has 2 heterocycles. The first-order valence-corrected chi connectivity index (χ1v) is 6.15. The number of nitrogens with zero attached hydrogens (tertiary/aromatic N) is 2. The van der Waals surface area contributed by atoms with Crippen LogP contribution < -0.4 is 0 Å². The summed E-state index contributed by atoms with van der Waals surface area (Å²) in [7, 11) is 0. The molecule has 0 saturated carbocycles. The molecule has 5 heteroatoms. The Morgan fingerprint density at radius 1 is 1.33 bits per heavy atom. The SMILES string of the molecule is O=C1COCCN1C1CCN(CS)CC1. The van der Waals surface area contributed by atoms with Gasteiger partial charge in [-0.05, 0) is 12.8 Å². The summed E-state index contributed by atoms with van der Waals surface area (Å²) in [6.45, 7) is 3.84. The van der Waals surface area contributed by atoms with Crippen molar-refractivity contribution < 1.29 is 9.53 Å². The van der Waals surface area contributed by atoms with Crippen LogP contribution in [0.4, 0.5) is 0 Å². The second-order valence-electron chi connectivity index (χ2n) is 4.13. The number of rotatable bonds is 2. The van der Waals surface area contributed by atoms with E-state index in [1.54, 1.807) is 0 Å². The molecule has 86 valence electrons. The van der Waals surface area contributed by atoms with Gasteiger partial charge in [-0.2, -0.15) is 12.6 Å². The predicted molar refractivity (Wildman–Crippen MR) is 61.0 cm³/mol. The quantitative estimate of drug-likeness (QED) is 0.688. The maximum absolute atomic E-state index is 11.6. The summed E-state index contributed by atoms with van der Waals surface area (Å²) in [6, 6.07) is 0.428. The zero-order valence-corrected chi connectivity index (χ0v) is 9.79. The van der Waals surface area contributed by atoms with Crippen molar-refractivity contribution >= 4 is 18.5 Å². The molecule has 2 saturated heterocycles. The molecule has 0 bridgehead atoms. The molecular formula is C10H18N2O2S. The lowest BCUT2D eigenvalue weighted by atomic mass is 10.0. The Labute approximate surface area is 96.0 Å². The summed E-state index contributed by atoms with van der Waals surface area (Å²) < 4.78 is 5.13. The van der Waals surface area contributed by atoms with E-state index in [9.17, 15) is 4.79 Å². The Morgan fingerprint density at radius 2 is 2.07 bits per heavy atom. The van der Waals surface area contributed by atoms with E-state index in [0.29, 0.717) is 12.6 Å². The molecule has 15 heavy (non-hydrogen) atoms. The van der Waals surface area contributed by atoms with E-state index in [1.807, 2.05) is 4.90 Å². The van der Waals surface area contributed by atoms with Gasteiger partial charge in [0.25, 0.3) is 0 Å². The summed E-state index contributed by atoms with van der Waals surface area (Å²) in [5.74, 6) is 0.981. The molecule has 0 atom stereocenters. The van der Waals surface area contributed by atoms with Crippen LogP contribution in [0.5, 0.6) is 0 Å². The third-order valence-corrected chi connectivity index (χ3v) is 3.62. The van der Waals surface area contributed by atoms with E-state index in [4.69, 9.17) is 4.74 Å². The van der Waals surface area contributed by atoms with Crippen molar-refractivity contribution in [3.63, 3.8) is 0 Å². The van der Waals surface area contributed by atoms with Crippen molar-refractivity contribution in [2.75, 3.05) is 38.7 Å². The van der Waals surface area contributed by atoms with Gasteiger partial charge >= 0.3 is 0 Å². The van der Waals surface area contributed by atoms with E-state index < -0.39 is 0 Å². The Kier molecular flexibility index (Phi) is 3.88. The topological polar surface area (TPSA) is 32.8 Å². The molecule has 2 aliphatic heterocycles. The lowest BCUT2D eigenvalue weighted by molar-refractivity contribution is -0.146. The fourth-order valence-corrected chi connectivity index (χ4v) is 2.57. The van der Waals surface area contributed by atoms with Crippen LogP contribution in [0.2, 0.25) is 0 Å². The highest BCUT2D eigenvalue weighted by atomic mass is 32.1. The second kappa shape index (κ2) is 5.18. The Bertz CT molecular complexity index is 229. The van der Waals surface area contributed by atoms with Crippen molar-refractivity contribution in [1.82, 2.24) is 9.80 Å². The van der Waals surface area contributed by atoms with Gasteiger partial charge in [-0.15, -0.1) is 0 Å². The fraction of sp³-hybridized carbons (Fsp3) is 0.900. The Hall–Kier alpha value is -0.260. The van der Waals surface area contributed by atoms with E-state index in [-0.39, 0.29) is 12.5 Å². The maximum atomic E-state index is 11.6. The summed E-state index contributed by atoms with van der Waals surface area (Å²) in [6.07, 6.45) is 2.15. The van der Waals surface area contributed by atoms with Gasteiger partial charge in [0, 0.05) is 31.6 Å². The van der Waals surface area contributed by atoms with Crippen LogP contribution in [0.15, 0.2) is 0 Å². The second-order valence-corrected chi connectivity index (χ2v) is 4.41. The van der Waals surface area contributed by atoms with Crippen LogP contribution in [0.3, 0.4) is 0 Å². The van der Waals surface area contributed by atoms with Gasteiger partial charge in [-0.25, -0.2) is 0 Å². The van der Waals surface area contributed by atoms with Crippen molar-refractivity contribution in [2.45, 2.75) is 18.9 Å². The van der Waals surface area contributed by atoms with Gasteiger partial charge in [0.1, 0.15) is 6.61 Å². The molecule has 0 unspecified atom stereocenters. The van der Waals surface area contributed by atoms with Gasteiger partial charge in [-0.1, -0.05) is 0 Å². The van der Waals surface area contributed by atoms with Crippen LogP contribution in [-0.4, -0.2) is 60.5 Å². The fourth-order valence-electron chi connectivity index (χ4n) is 2.29. The average Bonchev–Trinajstić information content (AvgIpc) is 2.30. The average molecular weight is 230 g/mol. The van der Waals surface area contributed by atoms with Crippen molar-refractivity contribution in [3.8, 4) is 0 Å². The molecule has 4 nitrogen and oxygen atoms in total. The Morgan fingerprint density at radius 3 is 2.67 bits per heavy atom. The number of carbonyl (C=O) groups is 1. The van der Waals surface area contributed by atoms with Crippen molar-refractivity contribution in [2.24, 2.45) is 0 Å². The zero-order valence-electron chi connectivity index (χ0n) is 8.89. The number of thiol groups is 1. The summed E-state index contributed by atoms with van der Waals surface area (Å²) in [4.78, 5) is 15.9. The van der Waals surface area contributed by atoms with Gasteiger partial charge in [0.15, 0.2) is 0 Å². The molecule has 2 fully saturated rings. The number of amides is 1. The van der Waals surface area contributed by atoms with Crippen LogP contribution in [0.25, 0.3) is 0 Å². The largest absolute Gasteiger partial charge is 0.370 e. The van der Waals surface area contributed by atoms with Gasteiger partial charge < -0.3 is 9.64 Å². The standard InChI is InChI=1S/C10H18N2O2S/c13-10-7-14-6-5-12(10)9-1-3-11(8-15)4-2-9/h9,15H,1-8H2. The predicted octanol–water partition coefficient (Wildman–Crippen LogP) is 0.197. The smallest absolute Gasteiger partial charge is 0.248 e. The molecular weight excluding hydrogens is 212 g/mol. The van der Waals surface area contributed by atoms with E-state index in [2.05, 4.69) is 17.5 Å². The number of carbonyl (C=O) groups excluding carboxylic acids is 1. The lowest BCUT2D eigenvalue weighted by Gasteiger charge is -2.39. The van der Waals surface area contributed by atoms with Crippen LogP contribution in [-0.2, 0) is 9.53 Å². The molecule has 2 aliphatic rings. The minimum atomic E-state index is 0.158. The highest BCUT2D eigenvalue weighted by Crippen LogP contribution is 2.18. The number of hydrogen-bond donors (Lipinski definition) is 1. The summed E-state index contributed by atoms with van der Waals surface area (Å²) in [5, 5.41) is 0. The lowest BCUT2D eigenvalue weighted by Crippen LogP contribution is -2.51. The number of morpholine rings is 1. The third-order valence-electron chi connectivity index (χ3n) is 3.22. The number of hydrogen-bond acceptors (Lipinski definition) is 4. The van der Waals surface area contributed by atoms with Crippen molar-refractivity contribution in [1.29, 1.82) is 0 Å². The molecule has 0 N–H and O–H groups in total. The van der Waals surface area contributed by atoms with Crippen LogP contribution >= 0.6 is 12.6 Å². The summed E-state index contributed by atoms with van der Waals surface area (Å²) in [5.41, 5.74) is 0. The maximum Gasteiger partial charge on any atom is 0.248 e. The number of likely N-dealkylation sites (tertiary alicyclic amines) is 1. The first-order valence-electron chi connectivity index (χ1n) is 5.51. The third kappa shape index (κ3) is 2.65. The highest BCUT2D eigenvalue weighted by Gasteiger charge is 2.29. The molecule has 0 aromatic rings. The minimum absolute atomic E-state index is 0.158. The molecule has 1 amide bonds. The first-order chi connectivity index (χ1) is 7.31. The van der Waals surface area contributed by atoms with Crippen LogP contribution in [0.1, 0.15) is 12.8 Å². The van der Waals surface area contributed by atoms with E-state index >= 15 is 0 Å².